The van der Waals surface area contributed by atoms with Crippen LogP contribution in [0.4, 0.5) is 0 Å². The molecule has 0 aliphatic heterocycles. The standard InChI is InChI=1S/C11H9ClN2O/c1-7(15)8-4-9(14-10(12)5-8)11(6-13)2-3-11/h4-5H,2-3H2,1H3. The van der Waals surface area contributed by atoms with Crippen molar-refractivity contribution < 1.29 is 4.79 Å². The van der Waals surface area contributed by atoms with Gasteiger partial charge in [0.15, 0.2) is 5.78 Å². The normalized spacial score (nSPS) is 16.9. The highest BCUT2D eigenvalue weighted by molar-refractivity contribution is 6.29. The molecule has 4 heteroatoms. The van der Waals surface area contributed by atoms with Gasteiger partial charge in [0.1, 0.15) is 5.15 Å². The molecule has 1 heterocycles. The topological polar surface area (TPSA) is 53.8 Å². The first-order valence-corrected chi connectivity index (χ1v) is 5.05. The molecule has 0 amide bonds. The Labute approximate surface area is 92.7 Å². The highest BCUT2D eigenvalue weighted by Gasteiger charge is 2.46. The van der Waals surface area contributed by atoms with Gasteiger partial charge in [-0.2, -0.15) is 5.26 Å². The van der Waals surface area contributed by atoms with Crippen molar-refractivity contribution in [2.24, 2.45) is 0 Å². The third kappa shape index (κ3) is 1.73. The first-order valence-electron chi connectivity index (χ1n) is 4.68. The Morgan fingerprint density at radius 1 is 1.60 bits per heavy atom. The molecule has 1 aliphatic rings. The molecular weight excluding hydrogens is 212 g/mol. The Morgan fingerprint density at radius 3 is 2.73 bits per heavy atom. The van der Waals surface area contributed by atoms with E-state index in [0.29, 0.717) is 11.3 Å². The second kappa shape index (κ2) is 3.32. The SMILES string of the molecule is CC(=O)c1cc(Cl)nc(C2(C#N)CC2)c1. The lowest BCUT2D eigenvalue weighted by atomic mass is 10.0. The molecular formula is C11H9ClN2O. The predicted octanol–water partition coefficient (Wildman–Crippen LogP) is 2.49. The summed E-state index contributed by atoms with van der Waals surface area (Å²) in [6.07, 6.45) is 1.60. The highest BCUT2D eigenvalue weighted by Crippen LogP contribution is 2.47. The second-order valence-corrected chi connectivity index (χ2v) is 4.20. The van der Waals surface area contributed by atoms with Crippen molar-refractivity contribution in [2.45, 2.75) is 25.2 Å². The molecule has 0 atom stereocenters. The third-order valence-electron chi connectivity index (χ3n) is 2.65. The molecule has 3 nitrogen and oxygen atoms in total. The van der Waals surface area contributed by atoms with Gasteiger partial charge in [-0.25, -0.2) is 4.98 Å². The quantitative estimate of drug-likeness (QED) is 0.568. The summed E-state index contributed by atoms with van der Waals surface area (Å²) in [5, 5.41) is 9.29. The molecule has 0 bridgehead atoms. The van der Waals surface area contributed by atoms with Gasteiger partial charge >= 0.3 is 0 Å². The van der Waals surface area contributed by atoms with Gasteiger partial charge in [-0.3, -0.25) is 4.79 Å². The summed E-state index contributed by atoms with van der Waals surface area (Å²) in [5.74, 6) is -0.0608. The summed E-state index contributed by atoms with van der Waals surface area (Å²) in [6, 6.07) is 5.43. The van der Waals surface area contributed by atoms with E-state index >= 15 is 0 Å². The van der Waals surface area contributed by atoms with E-state index in [2.05, 4.69) is 11.1 Å². The molecule has 1 aromatic rings. The number of pyridine rings is 1. The number of aromatic nitrogens is 1. The number of ketones is 1. The van der Waals surface area contributed by atoms with Crippen LogP contribution in [0.3, 0.4) is 0 Å². The average Bonchev–Trinajstić information content (AvgIpc) is 2.97. The summed E-state index contributed by atoms with van der Waals surface area (Å²) in [5.41, 5.74) is 0.656. The maximum Gasteiger partial charge on any atom is 0.159 e. The first-order chi connectivity index (χ1) is 7.07. The molecule has 2 rings (SSSR count). The number of halogens is 1. The van der Waals surface area contributed by atoms with Gasteiger partial charge < -0.3 is 0 Å². The zero-order valence-corrected chi connectivity index (χ0v) is 9.01. The Kier molecular flexibility index (Phi) is 2.24. The molecule has 0 spiro atoms. The highest BCUT2D eigenvalue weighted by atomic mass is 35.5. The maximum absolute atomic E-state index is 11.2. The summed E-state index contributed by atoms with van der Waals surface area (Å²) >= 11 is 5.81. The molecule has 1 saturated carbocycles. The smallest absolute Gasteiger partial charge is 0.159 e. The van der Waals surface area contributed by atoms with Crippen molar-refractivity contribution >= 4 is 17.4 Å². The molecule has 1 aromatic heterocycles. The van der Waals surface area contributed by atoms with Crippen molar-refractivity contribution in [1.29, 1.82) is 5.26 Å². The predicted molar refractivity (Wildman–Crippen MR) is 55.8 cm³/mol. The van der Waals surface area contributed by atoms with E-state index in [1.165, 1.54) is 13.0 Å². The molecule has 76 valence electrons. The van der Waals surface area contributed by atoms with Gasteiger partial charge in [-0.15, -0.1) is 0 Å². The van der Waals surface area contributed by atoms with Crippen LogP contribution >= 0.6 is 11.6 Å². The van der Waals surface area contributed by atoms with E-state index in [1.54, 1.807) is 6.07 Å². The number of nitriles is 1. The molecule has 0 N–H and O–H groups in total. The fraction of sp³-hybridized carbons (Fsp3) is 0.364. The largest absolute Gasteiger partial charge is 0.295 e. The minimum absolute atomic E-state index is 0.0608. The van der Waals surface area contributed by atoms with Gasteiger partial charge in [0.05, 0.1) is 17.2 Å². The van der Waals surface area contributed by atoms with Crippen LogP contribution in [0, 0.1) is 11.3 Å². The van der Waals surface area contributed by atoms with Crippen LogP contribution in [0.5, 0.6) is 0 Å². The van der Waals surface area contributed by atoms with Crippen LogP contribution in [-0.2, 0) is 5.41 Å². The van der Waals surface area contributed by atoms with E-state index in [4.69, 9.17) is 16.9 Å². The Morgan fingerprint density at radius 2 is 2.27 bits per heavy atom. The minimum Gasteiger partial charge on any atom is -0.295 e. The van der Waals surface area contributed by atoms with Crippen molar-refractivity contribution in [3.63, 3.8) is 0 Å². The van der Waals surface area contributed by atoms with Crippen molar-refractivity contribution in [3.05, 3.63) is 28.5 Å². The number of hydrogen-bond acceptors (Lipinski definition) is 3. The Hall–Kier alpha value is -1.40. The number of rotatable bonds is 2. The van der Waals surface area contributed by atoms with Gasteiger partial charge in [-0.05, 0) is 31.9 Å². The summed E-state index contributed by atoms with van der Waals surface area (Å²) in [7, 11) is 0. The minimum atomic E-state index is -0.491. The molecule has 0 radical (unpaired) electrons. The number of Topliss-reactive ketones (excluding diaryl/α,β-unsaturated/α-hetero) is 1. The monoisotopic (exact) mass is 220 g/mol. The second-order valence-electron chi connectivity index (χ2n) is 3.81. The van der Waals surface area contributed by atoms with E-state index < -0.39 is 5.41 Å². The first kappa shape index (κ1) is 10.1. The molecule has 15 heavy (non-hydrogen) atoms. The van der Waals surface area contributed by atoms with Crippen LogP contribution in [0.15, 0.2) is 12.1 Å². The lowest BCUT2D eigenvalue weighted by Crippen LogP contribution is -2.08. The molecule has 1 fully saturated rings. The number of carbonyl (C=O) groups is 1. The summed E-state index contributed by atoms with van der Waals surface area (Å²) < 4.78 is 0. The third-order valence-corrected chi connectivity index (χ3v) is 2.85. The van der Waals surface area contributed by atoms with Crippen molar-refractivity contribution in [3.8, 4) is 6.07 Å². The van der Waals surface area contributed by atoms with Crippen LogP contribution in [0.1, 0.15) is 35.8 Å². The lowest BCUT2D eigenvalue weighted by molar-refractivity contribution is 0.101. The fourth-order valence-corrected chi connectivity index (χ4v) is 1.70. The zero-order valence-electron chi connectivity index (χ0n) is 8.25. The van der Waals surface area contributed by atoms with Gasteiger partial charge in [0.2, 0.25) is 0 Å². The Balaban J connectivity index is 2.50. The molecule has 0 saturated heterocycles. The van der Waals surface area contributed by atoms with E-state index in [1.807, 2.05) is 0 Å². The number of hydrogen-bond donors (Lipinski definition) is 0. The van der Waals surface area contributed by atoms with Gasteiger partial charge in [0.25, 0.3) is 0 Å². The van der Waals surface area contributed by atoms with E-state index in [0.717, 1.165) is 12.8 Å². The summed E-state index contributed by atoms with van der Waals surface area (Å²) in [4.78, 5) is 15.3. The van der Waals surface area contributed by atoms with Gasteiger partial charge in [-0.1, -0.05) is 11.6 Å². The van der Waals surface area contributed by atoms with Crippen molar-refractivity contribution in [1.82, 2.24) is 4.98 Å². The number of carbonyl (C=O) groups excluding carboxylic acids is 1. The van der Waals surface area contributed by atoms with Crippen molar-refractivity contribution in [2.75, 3.05) is 0 Å². The molecule has 0 aromatic carbocycles. The zero-order chi connectivity index (χ0) is 11.1. The van der Waals surface area contributed by atoms with Crippen LogP contribution < -0.4 is 0 Å². The summed E-state index contributed by atoms with van der Waals surface area (Å²) in [6.45, 7) is 1.47. The molecule has 0 unspecified atom stereocenters. The van der Waals surface area contributed by atoms with Gasteiger partial charge in [0, 0.05) is 5.56 Å². The maximum atomic E-state index is 11.2. The lowest BCUT2D eigenvalue weighted by Gasteiger charge is -2.07. The van der Waals surface area contributed by atoms with E-state index in [-0.39, 0.29) is 10.9 Å². The van der Waals surface area contributed by atoms with Crippen LogP contribution in [0.25, 0.3) is 0 Å². The molecule has 1 aliphatic carbocycles. The fourth-order valence-electron chi connectivity index (χ4n) is 1.50. The number of nitrogens with zero attached hydrogens (tertiary/aromatic N) is 2. The van der Waals surface area contributed by atoms with E-state index in [9.17, 15) is 4.79 Å². The Bertz CT molecular complexity index is 472. The van der Waals surface area contributed by atoms with Crippen LogP contribution in [0.2, 0.25) is 5.15 Å². The average molecular weight is 221 g/mol. The van der Waals surface area contributed by atoms with Crippen LogP contribution in [-0.4, -0.2) is 10.8 Å².